The predicted octanol–water partition coefficient (Wildman–Crippen LogP) is 6.40. The molecule has 2 unspecified atom stereocenters. The summed E-state index contributed by atoms with van der Waals surface area (Å²) in [4.78, 5) is 13.4. The van der Waals surface area contributed by atoms with E-state index in [4.69, 9.17) is 16.3 Å². The van der Waals surface area contributed by atoms with Crippen molar-refractivity contribution in [2.45, 2.75) is 17.4 Å². The molecule has 0 aliphatic carbocycles. The monoisotopic (exact) mass is 394 g/mol. The Kier molecular flexibility index (Phi) is 5.51. The molecule has 2 atom stereocenters. The highest BCUT2D eigenvalue weighted by Gasteiger charge is 2.35. The number of hydrogen-bond acceptors (Lipinski definition) is 3. The van der Waals surface area contributed by atoms with Gasteiger partial charge in [0.1, 0.15) is 6.10 Å². The van der Waals surface area contributed by atoms with Gasteiger partial charge in [-0.2, -0.15) is 0 Å². The van der Waals surface area contributed by atoms with Gasteiger partial charge in [0.2, 0.25) is 0 Å². The minimum Gasteiger partial charge on any atom is -0.457 e. The Bertz CT molecular complexity index is 907. The number of halogens is 1. The summed E-state index contributed by atoms with van der Waals surface area (Å²) >= 11 is 7.66. The van der Waals surface area contributed by atoms with Gasteiger partial charge in [-0.15, -0.1) is 11.8 Å². The first-order valence-corrected chi connectivity index (χ1v) is 10.3. The van der Waals surface area contributed by atoms with E-state index in [1.165, 1.54) is 4.90 Å². The quantitative estimate of drug-likeness (QED) is 0.369. The SMILES string of the molecule is O=C1OC(c2ccc(-c3ccc(Cl)cc3)cc2)CC1CSc1ccccc1. The highest BCUT2D eigenvalue weighted by molar-refractivity contribution is 7.99. The molecular weight excluding hydrogens is 376 g/mol. The number of thioether (sulfide) groups is 1. The van der Waals surface area contributed by atoms with Gasteiger partial charge in [-0.3, -0.25) is 4.79 Å². The second-order valence-electron chi connectivity index (χ2n) is 6.61. The maximum atomic E-state index is 12.3. The lowest BCUT2D eigenvalue weighted by atomic mass is 9.98. The molecule has 0 spiro atoms. The zero-order chi connectivity index (χ0) is 18.6. The molecule has 4 rings (SSSR count). The number of rotatable bonds is 5. The van der Waals surface area contributed by atoms with E-state index in [1.807, 2.05) is 42.5 Å². The van der Waals surface area contributed by atoms with Crippen LogP contribution in [-0.2, 0) is 9.53 Å². The first-order valence-electron chi connectivity index (χ1n) is 8.93. The Balaban J connectivity index is 1.40. The fraction of sp³-hybridized carbons (Fsp3) is 0.174. The summed E-state index contributed by atoms with van der Waals surface area (Å²) in [6.45, 7) is 0. The van der Waals surface area contributed by atoms with Gasteiger partial charge in [0.15, 0.2) is 0 Å². The summed E-state index contributed by atoms with van der Waals surface area (Å²) in [5.74, 6) is 0.601. The van der Waals surface area contributed by atoms with Crippen molar-refractivity contribution in [3.05, 3.63) is 89.4 Å². The second-order valence-corrected chi connectivity index (χ2v) is 8.14. The van der Waals surface area contributed by atoms with Gasteiger partial charge in [0.25, 0.3) is 0 Å². The summed E-state index contributed by atoms with van der Waals surface area (Å²) in [5.41, 5.74) is 3.29. The third-order valence-electron chi connectivity index (χ3n) is 4.74. The molecule has 2 nitrogen and oxygen atoms in total. The van der Waals surface area contributed by atoms with Gasteiger partial charge in [-0.25, -0.2) is 0 Å². The van der Waals surface area contributed by atoms with Crippen molar-refractivity contribution in [3.63, 3.8) is 0 Å². The largest absolute Gasteiger partial charge is 0.457 e. The third-order valence-corrected chi connectivity index (χ3v) is 6.17. The molecule has 0 bridgehead atoms. The summed E-state index contributed by atoms with van der Waals surface area (Å²) in [6.07, 6.45) is 0.581. The fourth-order valence-corrected chi connectivity index (χ4v) is 4.37. The zero-order valence-electron chi connectivity index (χ0n) is 14.7. The summed E-state index contributed by atoms with van der Waals surface area (Å²) in [7, 11) is 0. The minimum atomic E-state index is -0.154. The number of carbonyl (C=O) groups excluding carboxylic acids is 1. The molecule has 1 heterocycles. The molecule has 0 N–H and O–H groups in total. The molecule has 4 heteroatoms. The van der Waals surface area contributed by atoms with Gasteiger partial charge in [0.05, 0.1) is 5.92 Å². The van der Waals surface area contributed by atoms with Gasteiger partial charge in [0, 0.05) is 22.1 Å². The van der Waals surface area contributed by atoms with Crippen LogP contribution in [0.15, 0.2) is 83.8 Å². The molecule has 1 aliphatic heterocycles. The Morgan fingerprint density at radius 1 is 0.889 bits per heavy atom. The predicted molar refractivity (Wildman–Crippen MR) is 111 cm³/mol. The van der Waals surface area contributed by atoms with Crippen LogP contribution in [0.4, 0.5) is 0 Å². The highest BCUT2D eigenvalue weighted by Crippen LogP contribution is 2.37. The third kappa shape index (κ3) is 4.37. The lowest BCUT2D eigenvalue weighted by Gasteiger charge is -2.10. The van der Waals surface area contributed by atoms with Crippen LogP contribution in [0.5, 0.6) is 0 Å². The second kappa shape index (κ2) is 8.20. The van der Waals surface area contributed by atoms with Gasteiger partial charge < -0.3 is 4.74 Å². The molecule has 3 aromatic carbocycles. The maximum Gasteiger partial charge on any atom is 0.310 e. The van der Waals surface area contributed by atoms with E-state index < -0.39 is 0 Å². The van der Waals surface area contributed by atoms with Crippen LogP contribution in [0.25, 0.3) is 11.1 Å². The number of carbonyl (C=O) groups is 1. The number of hydrogen-bond donors (Lipinski definition) is 0. The van der Waals surface area contributed by atoms with Crippen molar-refractivity contribution >= 4 is 29.3 Å². The van der Waals surface area contributed by atoms with Crippen molar-refractivity contribution in [2.75, 3.05) is 5.75 Å². The van der Waals surface area contributed by atoms with Crippen LogP contribution in [0.1, 0.15) is 18.1 Å². The van der Waals surface area contributed by atoms with E-state index in [0.29, 0.717) is 0 Å². The van der Waals surface area contributed by atoms with Crippen LogP contribution in [0.3, 0.4) is 0 Å². The van der Waals surface area contributed by atoms with E-state index in [0.717, 1.165) is 33.9 Å². The molecule has 1 saturated heterocycles. The van der Waals surface area contributed by atoms with Gasteiger partial charge in [-0.1, -0.05) is 66.2 Å². The Hall–Kier alpha value is -2.23. The van der Waals surface area contributed by atoms with Gasteiger partial charge >= 0.3 is 5.97 Å². The van der Waals surface area contributed by atoms with Crippen molar-refractivity contribution in [2.24, 2.45) is 5.92 Å². The van der Waals surface area contributed by atoms with Crippen LogP contribution in [0.2, 0.25) is 5.02 Å². The number of cyclic esters (lactones) is 1. The van der Waals surface area contributed by atoms with Crippen molar-refractivity contribution < 1.29 is 9.53 Å². The Labute approximate surface area is 168 Å². The Morgan fingerprint density at radius 2 is 1.52 bits per heavy atom. The first kappa shape index (κ1) is 18.1. The van der Waals surface area contributed by atoms with Crippen LogP contribution in [-0.4, -0.2) is 11.7 Å². The van der Waals surface area contributed by atoms with E-state index in [9.17, 15) is 4.79 Å². The Morgan fingerprint density at radius 3 is 2.19 bits per heavy atom. The number of benzene rings is 3. The smallest absolute Gasteiger partial charge is 0.310 e. The average molecular weight is 395 g/mol. The summed E-state index contributed by atoms with van der Waals surface area (Å²) in [6, 6.07) is 26.2. The topological polar surface area (TPSA) is 26.3 Å². The normalized spacial score (nSPS) is 19.1. The standard InChI is InChI=1S/C23H19ClO2S/c24-20-12-10-17(11-13-20)16-6-8-18(9-7-16)22-14-19(23(25)26-22)15-27-21-4-2-1-3-5-21/h1-13,19,22H,14-15H2. The summed E-state index contributed by atoms with van der Waals surface area (Å²) in [5, 5.41) is 0.729. The molecule has 136 valence electrons. The minimum absolute atomic E-state index is 0.0591. The lowest BCUT2D eigenvalue weighted by Crippen LogP contribution is -2.09. The molecule has 1 aliphatic rings. The van der Waals surface area contributed by atoms with E-state index in [1.54, 1.807) is 11.8 Å². The fourth-order valence-electron chi connectivity index (χ4n) is 3.23. The molecule has 3 aromatic rings. The first-order chi connectivity index (χ1) is 13.2. The van der Waals surface area contributed by atoms with E-state index >= 15 is 0 Å². The lowest BCUT2D eigenvalue weighted by molar-refractivity contribution is -0.144. The van der Waals surface area contributed by atoms with Crippen molar-refractivity contribution in [1.82, 2.24) is 0 Å². The van der Waals surface area contributed by atoms with Crippen LogP contribution >= 0.6 is 23.4 Å². The molecule has 0 saturated carbocycles. The number of ether oxygens (including phenoxy) is 1. The molecular formula is C23H19ClO2S. The van der Waals surface area contributed by atoms with Crippen LogP contribution in [0, 0.1) is 5.92 Å². The maximum absolute atomic E-state index is 12.3. The van der Waals surface area contributed by atoms with Crippen molar-refractivity contribution in [3.8, 4) is 11.1 Å². The van der Waals surface area contributed by atoms with Crippen molar-refractivity contribution in [1.29, 1.82) is 0 Å². The highest BCUT2D eigenvalue weighted by atomic mass is 35.5. The van der Waals surface area contributed by atoms with Gasteiger partial charge in [-0.05, 0) is 41.0 Å². The molecule has 1 fully saturated rings. The summed E-state index contributed by atoms with van der Waals surface area (Å²) < 4.78 is 5.64. The molecule has 0 aromatic heterocycles. The zero-order valence-corrected chi connectivity index (χ0v) is 16.2. The van der Waals surface area contributed by atoms with E-state index in [-0.39, 0.29) is 18.0 Å². The van der Waals surface area contributed by atoms with Crippen LogP contribution < -0.4 is 0 Å². The molecule has 0 amide bonds. The average Bonchev–Trinajstić information content (AvgIpc) is 3.09. The number of esters is 1. The molecule has 0 radical (unpaired) electrons. The van der Waals surface area contributed by atoms with E-state index in [2.05, 4.69) is 36.4 Å². The molecule has 27 heavy (non-hydrogen) atoms.